The second-order valence-electron chi connectivity index (χ2n) is 7.59. The number of aromatic carboxylic acids is 1. The fourth-order valence-electron chi connectivity index (χ4n) is 3.72. The summed E-state index contributed by atoms with van der Waals surface area (Å²) in [6, 6.07) is 12.1. The third-order valence-corrected chi connectivity index (χ3v) is 5.72. The van der Waals surface area contributed by atoms with Gasteiger partial charge in [-0.3, -0.25) is 14.6 Å². The van der Waals surface area contributed by atoms with Gasteiger partial charge in [0.25, 0.3) is 5.91 Å². The van der Waals surface area contributed by atoms with Gasteiger partial charge in [-0.05, 0) is 24.6 Å². The summed E-state index contributed by atoms with van der Waals surface area (Å²) in [6.07, 6.45) is 0. The molecule has 11 heteroatoms. The number of benzene rings is 2. The van der Waals surface area contributed by atoms with Crippen LogP contribution in [0.25, 0.3) is 0 Å². The third-order valence-electron chi connectivity index (χ3n) is 5.39. The molecule has 1 aromatic heterocycles. The van der Waals surface area contributed by atoms with Gasteiger partial charge in [0.2, 0.25) is 5.91 Å². The smallest absolute Gasteiger partial charge is 0.356 e. The van der Waals surface area contributed by atoms with Crippen molar-refractivity contribution in [3.8, 4) is 0 Å². The molecule has 5 N–H and O–H groups in total. The number of amidine groups is 1. The maximum absolute atomic E-state index is 12.9. The molecule has 0 spiro atoms. The first-order valence-electron chi connectivity index (χ1n) is 10.3. The Morgan fingerprint density at radius 1 is 1.18 bits per heavy atom. The summed E-state index contributed by atoms with van der Waals surface area (Å²) in [5, 5.41) is 19.7. The van der Waals surface area contributed by atoms with Crippen LogP contribution in [0.2, 0.25) is 5.02 Å². The molecule has 1 aliphatic rings. The number of hydrogen-bond donors (Lipinski definition) is 4. The highest BCUT2D eigenvalue weighted by Gasteiger charge is 2.30. The zero-order chi connectivity index (χ0) is 24.4. The molecule has 1 unspecified atom stereocenters. The Kier molecular flexibility index (Phi) is 6.33. The minimum Gasteiger partial charge on any atom is -0.476 e. The first-order valence-corrected chi connectivity index (χ1v) is 10.7. The molecule has 174 valence electrons. The van der Waals surface area contributed by atoms with Gasteiger partial charge in [-0.15, -0.1) is 0 Å². The fraction of sp³-hybridized carbons (Fsp3) is 0.174. The standard InChI is InChI=1S/C23H21ClN6O4/c1-12-17(23(33)34)29-30(21(12)28-22(32)15-4-2-3-5-16(15)24)18(19(25)31)13-6-8-14(9-7-13)20-26-10-11-27-20/h2-9,18H,10-11H2,1H3,(H2,25,31)(H,26,27)(H,28,32)(H,33,34). The second kappa shape index (κ2) is 9.36. The SMILES string of the molecule is Cc1c(C(=O)O)nn(C(C(N)=O)c2ccc(C3=NCCN3)cc2)c1NC(=O)c1ccccc1Cl. The van der Waals surface area contributed by atoms with E-state index in [4.69, 9.17) is 17.3 Å². The van der Waals surface area contributed by atoms with Crippen LogP contribution in [-0.2, 0) is 4.79 Å². The Bertz CT molecular complexity index is 1320. The quantitative estimate of drug-likeness (QED) is 0.407. The van der Waals surface area contributed by atoms with Gasteiger partial charge in [0.05, 0.1) is 17.1 Å². The van der Waals surface area contributed by atoms with Crippen molar-refractivity contribution in [2.45, 2.75) is 13.0 Å². The van der Waals surface area contributed by atoms with Crippen molar-refractivity contribution in [2.24, 2.45) is 10.7 Å². The number of nitrogens with two attached hydrogens (primary N) is 1. The Morgan fingerprint density at radius 3 is 2.47 bits per heavy atom. The number of amides is 2. The zero-order valence-corrected chi connectivity index (χ0v) is 18.8. The molecule has 4 rings (SSSR count). The van der Waals surface area contributed by atoms with Crippen LogP contribution in [0.5, 0.6) is 0 Å². The van der Waals surface area contributed by atoms with E-state index in [9.17, 15) is 19.5 Å². The van der Waals surface area contributed by atoms with Crippen LogP contribution in [0.4, 0.5) is 5.82 Å². The van der Waals surface area contributed by atoms with Crippen LogP contribution >= 0.6 is 11.6 Å². The number of nitrogens with zero attached hydrogens (tertiary/aromatic N) is 3. The van der Waals surface area contributed by atoms with Crippen molar-refractivity contribution in [3.63, 3.8) is 0 Å². The molecule has 1 atom stereocenters. The Hall–Kier alpha value is -4.18. The van der Waals surface area contributed by atoms with Gasteiger partial charge in [-0.25, -0.2) is 9.48 Å². The van der Waals surface area contributed by atoms with Crippen molar-refractivity contribution in [1.82, 2.24) is 15.1 Å². The molecule has 0 saturated heterocycles. The first kappa shape index (κ1) is 23.0. The number of aliphatic imine (C=N–C) groups is 1. The van der Waals surface area contributed by atoms with Crippen LogP contribution in [0.15, 0.2) is 53.5 Å². The van der Waals surface area contributed by atoms with E-state index in [0.717, 1.165) is 22.6 Å². The lowest BCUT2D eigenvalue weighted by atomic mass is 10.0. The average Bonchev–Trinajstić information content (AvgIpc) is 3.44. The highest BCUT2D eigenvalue weighted by atomic mass is 35.5. The minimum atomic E-state index is -1.31. The number of carboxylic acids is 1. The van der Waals surface area contributed by atoms with Crippen LogP contribution in [0.1, 0.15) is 43.6 Å². The van der Waals surface area contributed by atoms with E-state index >= 15 is 0 Å². The number of carbonyl (C=O) groups excluding carboxylic acids is 2. The van der Waals surface area contributed by atoms with Gasteiger partial charge < -0.3 is 21.5 Å². The van der Waals surface area contributed by atoms with Gasteiger partial charge in [0.15, 0.2) is 11.7 Å². The number of rotatable bonds is 7. The van der Waals surface area contributed by atoms with Crippen LogP contribution in [-0.4, -0.2) is 51.6 Å². The van der Waals surface area contributed by atoms with E-state index < -0.39 is 23.8 Å². The van der Waals surface area contributed by atoms with Crippen molar-refractivity contribution < 1.29 is 19.5 Å². The maximum Gasteiger partial charge on any atom is 0.356 e. The Labute approximate surface area is 199 Å². The molecule has 2 heterocycles. The summed E-state index contributed by atoms with van der Waals surface area (Å²) in [6.45, 7) is 2.92. The Balaban J connectivity index is 1.77. The molecule has 0 aliphatic carbocycles. The van der Waals surface area contributed by atoms with Crippen molar-refractivity contribution in [3.05, 3.63) is 81.5 Å². The van der Waals surface area contributed by atoms with Crippen LogP contribution in [0.3, 0.4) is 0 Å². The molecule has 0 fully saturated rings. The molecular formula is C23H21ClN6O4. The molecule has 0 saturated carbocycles. The highest BCUT2D eigenvalue weighted by molar-refractivity contribution is 6.34. The predicted octanol–water partition coefficient (Wildman–Crippen LogP) is 2.22. The summed E-state index contributed by atoms with van der Waals surface area (Å²) in [4.78, 5) is 41.6. The maximum atomic E-state index is 12.9. The summed E-state index contributed by atoms with van der Waals surface area (Å²) in [5.41, 5.74) is 7.04. The lowest BCUT2D eigenvalue weighted by molar-refractivity contribution is -0.120. The molecule has 3 aromatic rings. The van der Waals surface area contributed by atoms with Crippen molar-refractivity contribution in [2.75, 3.05) is 18.4 Å². The summed E-state index contributed by atoms with van der Waals surface area (Å²) < 4.78 is 1.12. The average molecular weight is 481 g/mol. The van der Waals surface area contributed by atoms with Gasteiger partial charge in [0, 0.05) is 17.7 Å². The predicted molar refractivity (Wildman–Crippen MR) is 127 cm³/mol. The zero-order valence-electron chi connectivity index (χ0n) is 18.1. The van der Waals surface area contributed by atoms with E-state index in [1.54, 1.807) is 42.5 Å². The number of halogens is 1. The number of nitrogens with one attached hydrogen (secondary N) is 2. The molecule has 0 bridgehead atoms. The number of hydrogen-bond acceptors (Lipinski definition) is 6. The van der Waals surface area contributed by atoms with E-state index in [-0.39, 0.29) is 27.7 Å². The number of primary amides is 1. The third kappa shape index (κ3) is 4.35. The monoisotopic (exact) mass is 480 g/mol. The first-order chi connectivity index (χ1) is 16.3. The lowest BCUT2D eigenvalue weighted by Crippen LogP contribution is -2.30. The van der Waals surface area contributed by atoms with Gasteiger partial charge >= 0.3 is 5.97 Å². The van der Waals surface area contributed by atoms with Crippen molar-refractivity contribution in [1.29, 1.82) is 0 Å². The van der Waals surface area contributed by atoms with E-state index in [0.29, 0.717) is 12.1 Å². The van der Waals surface area contributed by atoms with E-state index in [2.05, 4.69) is 20.7 Å². The van der Waals surface area contributed by atoms with Gasteiger partial charge in [-0.2, -0.15) is 5.10 Å². The number of carbonyl (C=O) groups is 3. The topological polar surface area (TPSA) is 152 Å². The molecule has 0 radical (unpaired) electrons. The molecular weight excluding hydrogens is 460 g/mol. The lowest BCUT2D eigenvalue weighted by Gasteiger charge is -2.19. The van der Waals surface area contributed by atoms with E-state index in [1.807, 2.05) is 0 Å². The number of anilines is 1. The highest BCUT2D eigenvalue weighted by Crippen LogP contribution is 2.29. The summed E-state index contributed by atoms with van der Waals surface area (Å²) >= 11 is 6.13. The van der Waals surface area contributed by atoms with Gasteiger partial charge in [0.1, 0.15) is 11.7 Å². The molecule has 10 nitrogen and oxygen atoms in total. The van der Waals surface area contributed by atoms with Crippen LogP contribution in [0, 0.1) is 6.92 Å². The van der Waals surface area contributed by atoms with Crippen molar-refractivity contribution >= 4 is 41.0 Å². The summed E-state index contributed by atoms with van der Waals surface area (Å²) in [5.74, 6) is -1.91. The molecule has 34 heavy (non-hydrogen) atoms. The van der Waals surface area contributed by atoms with E-state index in [1.165, 1.54) is 13.0 Å². The second-order valence-corrected chi connectivity index (χ2v) is 8.00. The number of carboxylic acid groups (broad SMARTS) is 1. The largest absolute Gasteiger partial charge is 0.476 e. The molecule has 2 amide bonds. The normalized spacial score (nSPS) is 13.6. The molecule has 1 aliphatic heterocycles. The minimum absolute atomic E-state index is 0.0250. The van der Waals surface area contributed by atoms with Gasteiger partial charge in [-0.1, -0.05) is 48.0 Å². The summed E-state index contributed by atoms with van der Waals surface area (Å²) in [7, 11) is 0. The fourth-order valence-corrected chi connectivity index (χ4v) is 3.94. The van der Waals surface area contributed by atoms with Crippen LogP contribution < -0.4 is 16.4 Å². The molecule has 2 aromatic carbocycles. The number of aromatic nitrogens is 2. The Morgan fingerprint density at radius 2 is 1.88 bits per heavy atom.